The van der Waals surface area contributed by atoms with Crippen LogP contribution < -0.4 is 5.73 Å². The second-order valence-corrected chi connectivity index (χ2v) is 3.44. The summed E-state index contributed by atoms with van der Waals surface area (Å²) in [4.78, 5) is 16.1. The van der Waals surface area contributed by atoms with Crippen LogP contribution in [-0.4, -0.2) is 57.1 Å². The van der Waals surface area contributed by atoms with E-state index in [0.29, 0.717) is 0 Å². The lowest BCUT2D eigenvalue weighted by Gasteiger charge is -2.20. The van der Waals surface area contributed by atoms with Gasteiger partial charge in [-0.05, 0) is 0 Å². The molecule has 0 radical (unpaired) electrons. The second-order valence-electron chi connectivity index (χ2n) is 2.67. The summed E-state index contributed by atoms with van der Waals surface area (Å²) < 4.78 is 4.25. The Labute approximate surface area is 89.4 Å². The molecule has 0 bridgehead atoms. The fraction of sp³-hybridized carbons (Fsp3) is 0.714. The zero-order valence-electron chi connectivity index (χ0n) is 8.28. The number of hydrogen-bond acceptors (Lipinski definition) is 7. The van der Waals surface area contributed by atoms with Gasteiger partial charge in [-0.1, -0.05) is 6.08 Å². The normalized spacial score (nSPS) is 10.9. The lowest BCUT2D eigenvalue weighted by atomic mass is 10.1. The monoisotopic (exact) mass is 243 g/mol. The predicted molar refractivity (Wildman–Crippen MR) is 55.7 cm³/mol. The average molecular weight is 243 g/mol. The van der Waals surface area contributed by atoms with Crippen molar-refractivity contribution in [2.45, 2.75) is 5.54 Å². The predicted octanol–water partition coefficient (Wildman–Crippen LogP) is -1.94. The van der Waals surface area contributed by atoms with E-state index in [4.69, 9.17) is 30.8 Å². The van der Waals surface area contributed by atoms with Crippen LogP contribution in [0, 0.1) is 0 Å². The van der Waals surface area contributed by atoms with E-state index >= 15 is 0 Å². The standard InChI is InChI=1S/C4H11NO3.C3H7O3P/c5-4(1-6,2-7)3-8;1-2-3-6-7(4)5/h6-8H,1-3,5H2;2,4-5H,1,3H2. The van der Waals surface area contributed by atoms with Crippen LogP contribution in [0.2, 0.25) is 0 Å². The van der Waals surface area contributed by atoms with E-state index in [1.165, 1.54) is 6.08 Å². The van der Waals surface area contributed by atoms with Gasteiger partial charge in [-0.3, -0.25) is 0 Å². The summed E-state index contributed by atoms with van der Waals surface area (Å²) in [6.07, 6.45) is 1.45. The number of rotatable bonds is 6. The van der Waals surface area contributed by atoms with Crippen LogP contribution in [-0.2, 0) is 4.52 Å². The zero-order chi connectivity index (χ0) is 12.3. The molecule has 0 atom stereocenters. The summed E-state index contributed by atoms with van der Waals surface area (Å²) in [7, 11) is -2.18. The smallest absolute Gasteiger partial charge is 0.327 e. The molecule has 0 heterocycles. The molecule has 0 amide bonds. The minimum atomic E-state index is -2.18. The first kappa shape index (κ1) is 17.3. The number of nitrogens with two attached hydrogens (primary N) is 1. The number of aliphatic hydroxyl groups excluding tert-OH is 3. The van der Waals surface area contributed by atoms with Crippen LogP contribution in [0.15, 0.2) is 12.7 Å². The van der Waals surface area contributed by atoms with Gasteiger partial charge < -0.3 is 35.4 Å². The molecule has 0 aliphatic heterocycles. The molecular weight excluding hydrogens is 225 g/mol. The van der Waals surface area contributed by atoms with E-state index < -0.39 is 34.0 Å². The van der Waals surface area contributed by atoms with E-state index in [-0.39, 0.29) is 6.61 Å². The van der Waals surface area contributed by atoms with Gasteiger partial charge in [0.2, 0.25) is 0 Å². The van der Waals surface area contributed by atoms with Gasteiger partial charge in [0.1, 0.15) is 0 Å². The number of hydrogen-bond donors (Lipinski definition) is 6. The van der Waals surface area contributed by atoms with Gasteiger partial charge in [-0.15, -0.1) is 6.58 Å². The Balaban J connectivity index is 0. The summed E-state index contributed by atoms with van der Waals surface area (Å²) in [5.74, 6) is 0. The van der Waals surface area contributed by atoms with Crippen LogP contribution in [0.25, 0.3) is 0 Å². The Kier molecular flexibility index (Phi) is 12.0. The van der Waals surface area contributed by atoms with Crippen LogP contribution in [0.4, 0.5) is 0 Å². The highest BCUT2D eigenvalue weighted by atomic mass is 31.2. The van der Waals surface area contributed by atoms with Crippen molar-refractivity contribution in [3.05, 3.63) is 12.7 Å². The van der Waals surface area contributed by atoms with E-state index in [2.05, 4.69) is 11.1 Å². The lowest BCUT2D eigenvalue weighted by Crippen LogP contribution is -2.50. The average Bonchev–Trinajstić information content (AvgIpc) is 2.26. The first-order valence-corrected chi connectivity index (χ1v) is 5.15. The van der Waals surface area contributed by atoms with E-state index in [1.807, 2.05) is 0 Å². The fourth-order valence-electron chi connectivity index (χ4n) is 0.269. The molecule has 0 aliphatic carbocycles. The lowest BCUT2D eigenvalue weighted by molar-refractivity contribution is 0.0697. The minimum Gasteiger partial charge on any atom is -0.394 e. The van der Waals surface area contributed by atoms with Crippen molar-refractivity contribution in [2.75, 3.05) is 26.4 Å². The molecular formula is C7H18NO6P. The summed E-state index contributed by atoms with van der Waals surface area (Å²) in [5, 5.41) is 25.0. The summed E-state index contributed by atoms with van der Waals surface area (Å²) in [6, 6.07) is 0. The molecule has 0 aromatic heterocycles. The third-order valence-corrected chi connectivity index (χ3v) is 1.63. The molecule has 0 fully saturated rings. The SMILES string of the molecule is C=CCOP(O)O.NC(CO)(CO)CO. The molecule has 7 N–H and O–H groups in total. The Morgan fingerprint density at radius 2 is 1.60 bits per heavy atom. The van der Waals surface area contributed by atoms with Gasteiger partial charge in [0.15, 0.2) is 0 Å². The van der Waals surface area contributed by atoms with Gasteiger partial charge in [-0.2, -0.15) is 0 Å². The van der Waals surface area contributed by atoms with Crippen molar-refractivity contribution < 1.29 is 29.6 Å². The van der Waals surface area contributed by atoms with Crippen LogP contribution in [0.1, 0.15) is 0 Å². The Bertz CT molecular complexity index is 144. The summed E-state index contributed by atoms with van der Waals surface area (Å²) in [5.41, 5.74) is 3.94. The van der Waals surface area contributed by atoms with Crippen molar-refractivity contribution >= 4 is 8.60 Å². The molecule has 7 nitrogen and oxygen atoms in total. The summed E-state index contributed by atoms with van der Waals surface area (Å²) in [6.45, 7) is 2.28. The first-order valence-electron chi connectivity index (χ1n) is 3.99. The van der Waals surface area contributed by atoms with E-state index in [1.54, 1.807) is 0 Å². The maximum Gasteiger partial charge on any atom is 0.327 e. The summed E-state index contributed by atoms with van der Waals surface area (Å²) >= 11 is 0. The third-order valence-electron chi connectivity index (χ3n) is 1.25. The van der Waals surface area contributed by atoms with Gasteiger partial charge >= 0.3 is 8.60 Å². The van der Waals surface area contributed by atoms with Crippen molar-refractivity contribution in [1.29, 1.82) is 0 Å². The maximum absolute atomic E-state index is 8.34. The first-order chi connectivity index (χ1) is 6.95. The molecule has 0 aromatic rings. The highest BCUT2D eigenvalue weighted by Crippen LogP contribution is 2.23. The molecule has 0 unspecified atom stereocenters. The highest BCUT2D eigenvalue weighted by molar-refractivity contribution is 7.39. The molecule has 92 valence electrons. The van der Waals surface area contributed by atoms with Crippen LogP contribution in [0.3, 0.4) is 0 Å². The van der Waals surface area contributed by atoms with Gasteiger partial charge in [-0.25, -0.2) is 0 Å². The Hall–Kier alpha value is -0.110. The van der Waals surface area contributed by atoms with Crippen molar-refractivity contribution in [1.82, 2.24) is 0 Å². The van der Waals surface area contributed by atoms with Gasteiger partial charge in [0, 0.05) is 0 Å². The van der Waals surface area contributed by atoms with E-state index in [0.717, 1.165) is 0 Å². The molecule has 0 aliphatic rings. The zero-order valence-corrected chi connectivity index (χ0v) is 9.18. The van der Waals surface area contributed by atoms with Crippen molar-refractivity contribution in [3.63, 3.8) is 0 Å². The maximum atomic E-state index is 8.34. The molecule has 0 saturated heterocycles. The molecule has 0 rings (SSSR count). The van der Waals surface area contributed by atoms with Crippen molar-refractivity contribution in [3.8, 4) is 0 Å². The van der Waals surface area contributed by atoms with Crippen LogP contribution >= 0.6 is 8.60 Å². The number of aliphatic hydroxyl groups is 3. The molecule has 8 heteroatoms. The Morgan fingerprint density at radius 3 is 1.67 bits per heavy atom. The minimum absolute atomic E-state index is 0.193. The quantitative estimate of drug-likeness (QED) is 0.236. The molecule has 0 saturated carbocycles. The van der Waals surface area contributed by atoms with Crippen molar-refractivity contribution in [2.24, 2.45) is 5.73 Å². The third kappa shape index (κ3) is 11.8. The molecule has 0 aromatic carbocycles. The molecule has 0 spiro atoms. The largest absolute Gasteiger partial charge is 0.394 e. The molecule has 15 heavy (non-hydrogen) atoms. The second kappa shape index (κ2) is 10.4. The van der Waals surface area contributed by atoms with Gasteiger partial charge in [0.05, 0.1) is 32.0 Å². The Morgan fingerprint density at radius 1 is 1.20 bits per heavy atom. The van der Waals surface area contributed by atoms with E-state index in [9.17, 15) is 0 Å². The highest BCUT2D eigenvalue weighted by Gasteiger charge is 2.20. The topological polar surface area (TPSA) is 136 Å². The fourth-order valence-corrected chi connectivity index (χ4v) is 0.508. The van der Waals surface area contributed by atoms with Gasteiger partial charge in [0.25, 0.3) is 0 Å². The van der Waals surface area contributed by atoms with Crippen LogP contribution in [0.5, 0.6) is 0 Å².